The van der Waals surface area contributed by atoms with E-state index in [2.05, 4.69) is 47.2 Å². The van der Waals surface area contributed by atoms with Gasteiger partial charge in [-0.15, -0.1) is 0 Å². The number of rotatable bonds is 3. The molecule has 0 fully saturated rings. The van der Waals surface area contributed by atoms with Crippen LogP contribution in [-0.2, 0) is 6.54 Å². The minimum atomic E-state index is 0.109. The summed E-state index contributed by atoms with van der Waals surface area (Å²) in [4.78, 5) is 0. The van der Waals surface area contributed by atoms with Gasteiger partial charge in [0.25, 0.3) is 0 Å². The lowest BCUT2D eigenvalue weighted by molar-refractivity contribution is 0.475. The van der Waals surface area contributed by atoms with Crippen LogP contribution in [0.5, 0.6) is 5.75 Å². The van der Waals surface area contributed by atoms with Gasteiger partial charge in [0.05, 0.1) is 10.7 Å². The molecular weight excluding hydrogens is 326 g/mol. The highest BCUT2D eigenvalue weighted by Crippen LogP contribution is 2.29. The second-order valence-corrected chi connectivity index (χ2v) is 5.84. The van der Waals surface area contributed by atoms with E-state index in [4.69, 9.17) is 11.6 Å². The van der Waals surface area contributed by atoms with Gasteiger partial charge in [-0.1, -0.05) is 23.7 Å². The minimum Gasteiger partial charge on any atom is -0.506 e. The SMILES string of the molecule is Cc1cc(C)c(NCc2ccc(O)c(Cl)c2)c(Br)c1. The van der Waals surface area contributed by atoms with E-state index in [-0.39, 0.29) is 5.75 Å². The van der Waals surface area contributed by atoms with Crippen molar-refractivity contribution in [3.05, 3.63) is 56.5 Å². The zero-order chi connectivity index (χ0) is 14.0. The number of nitrogens with one attached hydrogen (secondary N) is 1. The fourth-order valence-electron chi connectivity index (χ4n) is 1.99. The largest absolute Gasteiger partial charge is 0.506 e. The van der Waals surface area contributed by atoms with Gasteiger partial charge in [0.2, 0.25) is 0 Å². The molecule has 0 aliphatic heterocycles. The van der Waals surface area contributed by atoms with Crippen molar-refractivity contribution in [2.24, 2.45) is 0 Å². The van der Waals surface area contributed by atoms with Gasteiger partial charge in [-0.05, 0) is 64.7 Å². The Morgan fingerprint density at radius 1 is 1.21 bits per heavy atom. The Labute approximate surface area is 126 Å². The van der Waals surface area contributed by atoms with Crippen molar-refractivity contribution in [1.82, 2.24) is 0 Å². The Balaban J connectivity index is 2.16. The molecular formula is C15H15BrClNO. The molecule has 0 saturated heterocycles. The van der Waals surface area contributed by atoms with Crippen LogP contribution in [0.25, 0.3) is 0 Å². The van der Waals surface area contributed by atoms with E-state index in [1.807, 2.05) is 6.07 Å². The molecule has 0 heterocycles. The lowest BCUT2D eigenvalue weighted by Crippen LogP contribution is -2.02. The third-order valence-electron chi connectivity index (χ3n) is 2.91. The Bertz CT molecular complexity index is 590. The van der Waals surface area contributed by atoms with Crippen LogP contribution in [0.1, 0.15) is 16.7 Å². The molecule has 100 valence electrons. The van der Waals surface area contributed by atoms with Crippen molar-refractivity contribution >= 4 is 33.2 Å². The molecule has 2 nitrogen and oxygen atoms in total. The first kappa shape index (κ1) is 14.2. The Morgan fingerprint density at radius 3 is 2.58 bits per heavy atom. The molecule has 0 atom stereocenters. The number of benzene rings is 2. The predicted molar refractivity (Wildman–Crippen MR) is 84.1 cm³/mol. The normalized spacial score (nSPS) is 10.5. The topological polar surface area (TPSA) is 32.3 Å². The first-order chi connectivity index (χ1) is 8.97. The predicted octanol–water partition coefficient (Wildman–Crippen LogP) is 5.04. The minimum absolute atomic E-state index is 0.109. The van der Waals surface area contributed by atoms with E-state index < -0.39 is 0 Å². The molecule has 2 aromatic carbocycles. The van der Waals surface area contributed by atoms with Crippen LogP contribution in [0.4, 0.5) is 5.69 Å². The first-order valence-electron chi connectivity index (χ1n) is 5.95. The highest BCUT2D eigenvalue weighted by Gasteiger charge is 2.05. The molecule has 0 amide bonds. The summed E-state index contributed by atoms with van der Waals surface area (Å²) >= 11 is 9.46. The number of phenolic OH excluding ortho intramolecular Hbond substituents is 1. The quantitative estimate of drug-likeness (QED) is 0.820. The van der Waals surface area contributed by atoms with Gasteiger partial charge >= 0.3 is 0 Å². The maximum Gasteiger partial charge on any atom is 0.134 e. The van der Waals surface area contributed by atoms with Crippen molar-refractivity contribution < 1.29 is 5.11 Å². The Morgan fingerprint density at radius 2 is 1.95 bits per heavy atom. The van der Waals surface area contributed by atoms with Gasteiger partial charge in [-0.25, -0.2) is 0 Å². The van der Waals surface area contributed by atoms with E-state index in [0.717, 1.165) is 15.7 Å². The van der Waals surface area contributed by atoms with Crippen molar-refractivity contribution in [1.29, 1.82) is 0 Å². The highest BCUT2D eigenvalue weighted by atomic mass is 79.9. The molecule has 0 aliphatic rings. The molecule has 0 spiro atoms. The molecule has 4 heteroatoms. The van der Waals surface area contributed by atoms with Gasteiger partial charge < -0.3 is 10.4 Å². The summed E-state index contributed by atoms with van der Waals surface area (Å²) in [6, 6.07) is 9.44. The summed E-state index contributed by atoms with van der Waals surface area (Å²) < 4.78 is 1.05. The summed E-state index contributed by atoms with van der Waals surface area (Å²) in [6.07, 6.45) is 0. The van der Waals surface area contributed by atoms with E-state index in [0.29, 0.717) is 11.6 Å². The molecule has 0 radical (unpaired) electrons. The maximum absolute atomic E-state index is 9.39. The molecule has 19 heavy (non-hydrogen) atoms. The van der Waals surface area contributed by atoms with Crippen LogP contribution < -0.4 is 5.32 Å². The lowest BCUT2D eigenvalue weighted by atomic mass is 10.1. The van der Waals surface area contributed by atoms with Crippen molar-refractivity contribution in [3.8, 4) is 5.75 Å². The molecule has 2 aromatic rings. The summed E-state index contributed by atoms with van der Waals surface area (Å²) in [5.41, 5.74) is 4.52. The average molecular weight is 341 g/mol. The van der Waals surface area contributed by atoms with Crippen molar-refractivity contribution in [2.45, 2.75) is 20.4 Å². The van der Waals surface area contributed by atoms with Crippen LogP contribution in [-0.4, -0.2) is 5.11 Å². The van der Waals surface area contributed by atoms with Gasteiger partial charge in [0.1, 0.15) is 5.75 Å². The van der Waals surface area contributed by atoms with Crippen LogP contribution in [0.2, 0.25) is 5.02 Å². The van der Waals surface area contributed by atoms with E-state index in [1.165, 1.54) is 11.1 Å². The first-order valence-corrected chi connectivity index (χ1v) is 7.12. The summed E-state index contributed by atoms with van der Waals surface area (Å²) in [7, 11) is 0. The van der Waals surface area contributed by atoms with Gasteiger partial charge in [0, 0.05) is 11.0 Å². The fraction of sp³-hybridized carbons (Fsp3) is 0.200. The second-order valence-electron chi connectivity index (χ2n) is 4.58. The molecule has 0 saturated carbocycles. The third-order valence-corrected chi connectivity index (χ3v) is 3.84. The number of halogens is 2. The molecule has 2 N–H and O–H groups in total. The summed E-state index contributed by atoms with van der Waals surface area (Å²) in [6.45, 7) is 4.80. The van der Waals surface area contributed by atoms with Gasteiger partial charge in [-0.3, -0.25) is 0 Å². The van der Waals surface area contributed by atoms with Crippen LogP contribution in [0, 0.1) is 13.8 Å². The van der Waals surface area contributed by atoms with Gasteiger partial charge in [0.15, 0.2) is 0 Å². The Kier molecular flexibility index (Phi) is 4.38. The van der Waals surface area contributed by atoms with Crippen LogP contribution >= 0.6 is 27.5 Å². The number of hydrogen-bond donors (Lipinski definition) is 2. The third kappa shape index (κ3) is 3.43. The molecule has 2 rings (SSSR count). The number of anilines is 1. The number of phenols is 1. The fourth-order valence-corrected chi connectivity index (χ4v) is 3.01. The standard InChI is InChI=1S/C15H15BrClNO/c1-9-5-10(2)15(12(16)6-9)18-8-11-3-4-14(19)13(17)7-11/h3-7,18-19H,8H2,1-2H3. The van der Waals surface area contributed by atoms with E-state index >= 15 is 0 Å². The molecule has 0 unspecified atom stereocenters. The monoisotopic (exact) mass is 339 g/mol. The number of aryl methyl sites for hydroxylation is 2. The van der Waals surface area contributed by atoms with Gasteiger partial charge in [-0.2, -0.15) is 0 Å². The maximum atomic E-state index is 9.39. The number of hydrogen-bond acceptors (Lipinski definition) is 2. The summed E-state index contributed by atoms with van der Waals surface area (Å²) in [5.74, 6) is 0.109. The molecule has 0 bridgehead atoms. The average Bonchev–Trinajstić information content (AvgIpc) is 2.32. The second kappa shape index (κ2) is 5.85. The lowest BCUT2D eigenvalue weighted by Gasteiger charge is -2.13. The molecule has 0 aromatic heterocycles. The number of aromatic hydroxyl groups is 1. The zero-order valence-corrected chi connectivity index (χ0v) is 13.1. The smallest absolute Gasteiger partial charge is 0.134 e. The van der Waals surface area contributed by atoms with Crippen LogP contribution in [0.3, 0.4) is 0 Å². The van der Waals surface area contributed by atoms with Crippen molar-refractivity contribution in [2.75, 3.05) is 5.32 Å². The summed E-state index contributed by atoms with van der Waals surface area (Å²) in [5, 5.41) is 13.1. The zero-order valence-electron chi connectivity index (χ0n) is 10.8. The molecule has 0 aliphatic carbocycles. The van der Waals surface area contributed by atoms with E-state index in [1.54, 1.807) is 12.1 Å². The van der Waals surface area contributed by atoms with E-state index in [9.17, 15) is 5.11 Å². The van der Waals surface area contributed by atoms with Crippen LogP contribution in [0.15, 0.2) is 34.8 Å². The Hall–Kier alpha value is -1.19. The van der Waals surface area contributed by atoms with Crippen molar-refractivity contribution in [3.63, 3.8) is 0 Å². The highest BCUT2D eigenvalue weighted by molar-refractivity contribution is 9.10.